The predicted octanol–water partition coefficient (Wildman–Crippen LogP) is 7.26. The lowest BCUT2D eigenvalue weighted by atomic mass is 9.90. The lowest BCUT2D eigenvalue weighted by molar-refractivity contribution is 1.74. The van der Waals surface area contributed by atoms with E-state index in [1.807, 2.05) is 0 Å². The minimum atomic E-state index is 1.16. The van der Waals surface area contributed by atoms with Crippen molar-refractivity contribution in [2.24, 2.45) is 0 Å². The summed E-state index contributed by atoms with van der Waals surface area (Å²) in [6.07, 6.45) is 0. The van der Waals surface area contributed by atoms with Gasteiger partial charge in [0.15, 0.2) is 0 Å². The van der Waals surface area contributed by atoms with Crippen molar-refractivity contribution in [2.45, 2.75) is 0 Å². The first-order chi connectivity index (χ1) is 10.8. The van der Waals surface area contributed by atoms with Crippen LogP contribution in [0.4, 0.5) is 0 Å². The molecule has 5 aromatic carbocycles. The molecule has 0 saturated heterocycles. The molecule has 0 aromatic heterocycles. The minimum absolute atomic E-state index is 1.16. The first-order valence-corrected chi connectivity index (χ1v) is 8.77. The van der Waals surface area contributed by atoms with Crippen LogP contribution in [-0.2, 0) is 0 Å². The molecular weight excluding hydrogens is 400 g/mol. The van der Waals surface area contributed by atoms with Crippen molar-refractivity contribution < 1.29 is 0 Å². The van der Waals surface area contributed by atoms with E-state index in [0.29, 0.717) is 0 Å². The number of hydrogen-bond donors (Lipinski definition) is 0. The van der Waals surface area contributed by atoms with Crippen LogP contribution in [-0.4, -0.2) is 0 Å². The van der Waals surface area contributed by atoms with E-state index >= 15 is 0 Å². The molecule has 0 saturated carbocycles. The van der Waals surface area contributed by atoms with Crippen molar-refractivity contribution in [1.29, 1.82) is 0 Å². The van der Waals surface area contributed by atoms with E-state index in [1.54, 1.807) is 0 Å². The molecule has 0 fully saturated rings. The number of fused-ring (bicyclic) bond motifs is 2. The Morgan fingerprint density at radius 2 is 0.909 bits per heavy atom. The van der Waals surface area contributed by atoms with Gasteiger partial charge in [0.25, 0.3) is 0 Å². The van der Waals surface area contributed by atoms with Crippen molar-refractivity contribution in [3.63, 3.8) is 0 Å². The van der Waals surface area contributed by atoms with Crippen LogP contribution in [0.1, 0.15) is 0 Å². The molecule has 104 valence electrons. The maximum atomic E-state index is 3.77. The summed E-state index contributed by atoms with van der Waals surface area (Å²) in [5.41, 5.74) is 0. The van der Waals surface area contributed by atoms with Crippen LogP contribution in [0.5, 0.6) is 0 Å². The summed E-state index contributed by atoms with van der Waals surface area (Å²) in [4.78, 5) is 0. The molecule has 5 rings (SSSR count). The molecule has 0 radical (unpaired) electrons. The molecule has 0 heterocycles. The van der Waals surface area contributed by atoms with E-state index in [2.05, 4.69) is 92.5 Å². The van der Waals surface area contributed by atoms with Gasteiger partial charge in [-0.15, -0.1) is 0 Å². The average molecular weight is 410 g/mol. The Morgan fingerprint density at radius 3 is 1.36 bits per heavy atom. The number of rotatable bonds is 0. The molecule has 0 amide bonds. The maximum Gasteiger partial charge on any atom is 0.0260 e. The quantitative estimate of drug-likeness (QED) is 0.186. The fraction of sp³-hybridized carbons (Fsp3) is 0. The summed E-state index contributed by atoms with van der Waals surface area (Å²) in [6.45, 7) is 0. The molecule has 0 N–H and O–H groups in total. The van der Waals surface area contributed by atoms with Crippen molar-refractivity contribution in [2.75, 3.05) is 0 Å². The Bertz CT molecular complexity index is 1090. The monoisotopic (exact) mass is 408 g/mol. The molecule has 2 heteroatoms. The number of hydrogen-bond acceptors (Lipinski definition) is 0. The molecule has 0 unspecified atom stereocenters. The zero-order valence-corrected chi connectivity index (χ0v) is 14.7. The molecule has 22 heavy (non-hydrogen) atoms. The van der Waals surface area contributed by atoms with Crippen LogP contribution in [0, 0.1) is 0 Å². The normalized spacial score (nSPS) is 12.1. The second kappa shape index (κ2) is 4.43. The lowest BCUT2D eigenvalue weighted by Crippen LogP contribution is -1.88. The summed E-state index contributed by atoms with van der Waals surface area (Å²) in [5.74, 6) is 0. The summed E-state index contributed by atoms with van der Waals surface area (Å²) < 4.78 is 2.32. The van der Waals surface area contributed by atoms with Gasteiger partial charge in [-0.25, -0.2) is 0 Å². The van der Waals surface area contributed by atoms with Crippen LogP contribution in [0.2, 0.25) is 0 Å². The molecular formula is C20H10Br2. The molecule has 0 aliphatic carbocycles. The predicted molar refractivity (Wildman–Crippen MR) is 103 cm³/mol. The van der Waals surface area contributed by atoms with Crippen LogP contribution < -0.4 is 0 Å². The standard InChI is InChI=1S/C20H10Br2/c21-15-10-8-12-4-2-6-14-18(12)19(15)13-5-1-3-11-7-9-16(22)20(14)17(11)13/h1-10H. The molecule has 0 atom stereocenters. The van der Waals surface area contributed by atoms with Crippen LogP contribution >= 0.6 is 31.9 Å². The van der Waals surface area contributed by atoms with Gasteiger partial charge in [-0.05, 0) is 44.5 Å². The van der Waals surface area contributed by atoms with E-state index in [1.165, 1.54) is 43.1 Å². The third-order valence-electron chi connectivity index (χ3n) is 4.53. The van der Waals surface area contributed by atoms with Crippen molar-refractivity contribution in [1.82, 2.24) is 0 Å². The largest absolute Gasteiger partial charge is 0.0610 e. The highest BCUT2D eigenvalue weighted by Gasteiger charge is 2.15. The molecule has 0 spiro atoms. The maximum absolute atomic E-state index is 3.77. The topological polar surface area (TPSA) is 0 Å². The molecule has 5 aromatic rings. The molecule has 0 bridgehead atoms. The Morgan fingerprint density at radius 1 is 0.455 bits per heavy atom. The number of halogens is 2. The van der Waals surface area contributed by atoms with Crippen molar-refractivity contribution in [3.05, 3.63) is 69.6 Å². The Hall–Kier alpha value is -1.64. The average Bonchev–Trinajstić information content (AvgIpc) is 2.55. The van der Waals surface area contributed by atoms with Crippen LogP contribution in [0.25, 0.3) is 43.1 Å². The van der Waals surface area contributed by atoms with Gasteiger partial charge in [-0.3, -0.25) is 0 Å². The van der Waals surface area contributed by atoms with Crippen molar-refractivity contribution >= 4 is 74.9 Å². The fourth-order valence-corrected chi connectivity index (χ4v) is 4.74. The Kier molecular flexibility index (Phi) is 2.59. The SMILES string of the molecule is Brc1ccc2cccc3c4c(Br)ccc5cccc(c1c23)c54. The molecule has 0 nitrogen and oxygen atoms in total. The molecule has 0 aliphatic heterocycles. The van der Waals surface area contributed by atoms with Gasteiger partial charge in [0.1, 0.15) is 0 Å². The van der Waals surface area contributed by atoms with E-state index in [-0.39, 0.29) is 0 Å². The summed E-state index contributed by atoms with van der Waals surface area (Å²) in [5, 5.41) is 10.5. The first-order valence-electron chi connectivity index (χ1n) is 7.19. The van der Waals surface area contributed by atoms with E-state index < -0.39 is 0 Å². The third kappa shape index (κ3) is 1.52. The molecule has 0 aliphatic rings. The van der Waals surface area contributed by atoms with E-state index in [4.69, 9.17) is 0 Å². The second-order valence-electron chi connectivity index (χ2n) is 5.65. The summed E-state index contributed by atoms with van der Waals surface area (Å²) in [6, 6.07) is 21.8. The second-order valence-corrected chi connectivity index (χ2v) is 7.36. The summed E-state index contributed by atoms with van der Waals surface area (Å²) in [7, 11) is 0. The van der Waals surface area contributed by atoms with Gasteiger partial charge in [-0.1, -0.05) is 80.4 Å². The highest BCUT2D eigenvalue weighted by atomic mass is 79.9. The Labute approximate surface area is 144 Å². The van der Waals surface area contributed by atoms with Gasteiger partial charge in [0.2, 0.25) is 0 Å². The zero-order valence-electron chi connectivity index (χ0n) is 11.5. The fourth-order valence-electron chi connectivity index (χ4n) is 3.65. The highest BCUT2D eigenvalue weighted by Crippen LogP contribution is 2.44. The zero-order chi connectivity index (χ0) is 14.8. The third-order valence-corrected chi connectivity index (χ3v) is 5.85. The van der Waals surface area contributed by atoms with Crippen LogP contribution in [0.3, 0.4) is 0 Å². The number of benzene rings is 5. The highest BCUT2D eigenvalue weighted by molar-refractivity contribution is 9.11. The first kappa shape index (κ1) is 12.9. The summed E-state index contributed by atoms with van der Waals surface area (Å²) >= 11 is 7.54. The Balaban J connectivity index is 2.33. The van der Waals surface area contributed by atoms with Crippen LogP contribution in [0.15, 0.2) is 69.6 Å². The van der Waals surface area contributed by atoms with Crippen molar-refractivity contribution in [3.8, 4) is 0 Å². The van der Waals surface area contributed by atoms with E-state index in [9.17, 15) is 0 Å². The van der Waals surface area contributed by atoms with Gasteiger partial charge < -0.3 is 0 Å². The van der Waals surface area contributed by atoms with Gasteiger partial charge >= 0.3 is 0 Å². The lowest BCUT2D eigenvalue weighted by Gasteiger charge is -2.16. The van der Waals surface area contributed by atoms with Gasteiger partial charge in [0, 0.05) is 19.7 Å². The van der Waals surface area contributed by atoms with Gasteiger partial charge in [0.05, 0.1) is 0 Å². The minimum Gasteiger partial charge on any atom is -0.0610 e. The van der Waals surface area contributed by atoms with E-state index in [0.717, 1.165) is 8.95 Å². The smallest absolute Gasteiger partial charge is 0.0260 e. The van der Waals surface area contributed by atoms with Gasteiger partial charge in [-0.2, -0.15) is 0 Å².